The second-order valence-electron chi connectivity index (χ2n) is 4.42. The van der Waals surface area contributed by atoms with Crippen molar-refractivity contribution in [1.29, 1.82) is 0 Å². The molecule has 0 saturated carbocycles. The van der Waals surface area contributed by atoms with Crippen molar-refractivity contribution in [3.05, 3.63) is 68.1 Å². The summed E-state index contributed by atoms with van der Waals surface area (Å²) in [5.74, 6) is 0. The van der Waals surface area contributed by atoms with Gasteiger partial charge in [-0.15, -0.1) is 0 Å². The number of halogens is 2. The van der Waals surface area contributed by atoms with Gasteiger partial charge in [-0.05, 0) is 64.2 Å². The van der Waals surface area contributed by atoms with E-state index in [2.05, 4.69) is 22.9 Å². The third kappa shape index (κ3) is 2.77. The molecular formula is C15H14BrClO. The summed E-state index contributed by atoms with van der Waals surface area (Å²) in [6.45, 7) is 4.10. The van der Waals surface area contributed by atoms with Crippen LogP contribution in [0.2, 0.25) is 5.02 Å². The summed E-state index contributed by atoms with van der Waals surface area (Å²) in [6, 6.07) is 11.5. The van der Waals surface area contributed by atoms with E-state index in [0.29, 0.717) is 5.02 Å². The minimum atomic E-state index is -0.644. The molecule has 0 aliphatic carbocycles. The Bertz CT molecular complexity index is 529. The number of aryl methyl sites for hydroxylation is 2. The Morgan fingerprint density at radius 2 is 1.61 bits per heavy atom. The van der Waals surface area contributed by atoms with E-state index in [1.807, 2.05) is 37.3 Å². The van der Waals surface area contributed by atoms with Gasteiger partial charge in [0.25, 0.3) is 0 Å². The lowest BCUT2D eigenvalue weighted by Gasteiger charge is -2.14. The zero-order valence-corrected chi connectivity index (χ0v) is 12.6. The van der Waals surface area contributed by atoms with Gasteiger partial charge in [0.05, 0.1) is 5.02 Å². The SMILES string of the molecule is Cc1ccc(C(O)c2ccc(Br)c(Cl)c2)cc1C. The summed E-state index contributed by atoms with van der Waals surface area (Å²) in [5.41, 5.74) is 4.08. The molecule has 0 aromatic heterocycles. The third-order valence-electron chi connectivity index (χ3n) is 3.11. The van der Waals surface area contributed by atoms with Crippen LogP contribution in [0.5, 0.6) is 0 Å². The van der Waals surface area contributed by atoms with Gasteiger partial charge in [0, 0.05) is 4.47 Å². The van der Waals surface area contributed by atoms with Crippen LogP contribution in [0.4, 0.5) is 0 Å². The molecule has 0 radical (unpaired) electrons. The molecular weight excluding hydrogens is 312 g/mol. The van der Waals surface area contributed by atoms with E-state index in [0.717, 1.165) is 15.6 Å². The molecule has 0 saturated heterocycles. The molecule has 2 rings (SSSR count). The molecule has 1 nitrogen and oxygen atoms in total. The normalized spacial score (nSPS) is 12.5. The van der Waals surface area contributed by atoms with Crippen molar-refractivity contribution in [2.75, 3.05) is 0 Å². The lowest BCUT2D eigenvalue weighted by molar-refractivity contribution is 0.220. The quantitative estimate of drug-likeness (QED) is 0.841. The van der Waals surface area contributed by atoms with Crippen LogP contribution in [0, 0.1) is 13.8 Å². The van der Waals surface area contributed by atoms with Gasteiger partial charge in [-0.25, -0.2) is 0 Å². The highest BCUT2D eigenvalue weighted by molar-refractivity contribution is 9.10. The van der Waals surface area contributed by atoms with E-state index in [9.17, 15) is 5.11 Å². The summed E-state index contributed by atoms with van der Waals surface area (Å²) in [7, 11) is 0. The number of rotatable bonds is 2. The molecule has 2 aromatic carbocycles. The fraction of sp³-hybridized carbons (Fsp3) is 0.200. The average Bonchev–Trinajstić information content (AvgIpc) is 2.35. The Kier molecular flexibility index (Phi) is 4.10. The van der Waals surface area contributed by atoms with Crippen LogP contribution >= 0.6 is 27.5 Å². The Morgan fingerprint density at radius 3 is 2.22 bits per heavy atom. The highest BCUT2D eigenvalue weighted by Crippen LogP contribution is 2.29. The van der Waals surface area contributed by atoms with E-state index in [4.69, 9.17) is 11.6 Å². The van der Waals surface area contributed by atoms with Crippen molar-refractivity contribution >= 4 is 27.5 Å². The van der Waals surface area contributed by atoms with E-state index >= 15 is 0 Å². The van der Waals surface area contributed by atoms with E-state index in [-0.39, 0.29) is 0 Å². The van der Waals surface area contributed by atoms with Gasteiger partial charge >= 0.3 is 0 Å². The predicted octanol–water partition coefficient (Wildman–Crippen LogP) is 4.80. The topological polar surface area (TPSA) is 20.2 Å². The van der Waals surface area contributed by atoms with Gasteiger partial charge in [-0.2, -0.15) is 0 Å². The first kappa shape index (κ1) is 13.6. The van der Waals surface area contributed by atoms with Crippen molar-refractivity contribution in [2.45, 2.75) is 20.0 Å². The van der Waals surface area contributed by atoms with Crippen molar-refractivity contribution in [1.82, 2.24) is 0 Å². The second-order valence-corrected chi connectivity index (χ2v) is 5.68. The molecule has 0 fully saturated rings. The Hall–Kier alpha value is -0.830. The molecule has 1 unspecified atom stereocenters. The first-order chi connectivity index (χ1) is 8.49. The van der Waals surface area contributed by atoms with Crippen molar-refractivity contribution < 1.29 is 5.11 Å². The van der Waals surface area contributed by atoms with Crippen LogP contribution < -0.4 is 0 Å². The molecule has 0 heterocycles. The van der Waals surface area contributed by atoms with Crippen LogP contribution in [-0.2, 0) is 0 Å². The maximum atomic E-state index is 10.3. The molecule has 94 valence electrons. The minimum Gasteiger partial charge on any atom is -0.384 e. The zero-order valence-electron chi connectivity index (χ0n) is 10.2. The predicted molar refractivity (Wildman–Crippen MR) is 79.1 cm³/mol. The maximum Gasteiger partial charge on any atom is 0.104 e. The standard InChI is InChI=1S/C15H14BrClO/c1-9-3-4-11(7-10(9)2)15(18)12-5-6-13(16)14(17)8-12/h3-8,15,18H,1-2H3. The summed E-state index contributed by atoms with van der Waals surface area (Å²) in [5, 5.41) is 11.0. The maximum absolute atomic E-state index is 10.3. The van der Waals surface area contributed by atoms with Gasteiger partial charge in [0.15, 0.2) is 0 Å². The van der Waals surface area contributed by atoms with Crippen molar-refractivity contribution in [3.8, 4) is 0 Å². The van der Waals surface area contributed by atoms with Gasteiger partial charge in [-0.3, -0.25) is 0 Å². The Balaban J connectivity index is 2.37. The first-order valence-electron chi connectivity index (χ1n) is 5.69. The molecule has 18 heavy (non-hydrogen) atoms. The summed E-state index contributed by atoms with van der Waals surface area (Å²) in [4.78, 5) is 0. The van der Waals surface area contributed by atoms with Gasteiger partial charge in [-0.1, -0.05) is 35.9 Å². The van der Waals surface area contributed by atoms with Gasteiger partial charge in [0.1, 0.15) is 6.10 Å². The fourth-order valence-electron chi connectivity index (χ4n) is 1.81. The summed E-state index contributed by atoms with van der Waals surface area (Å²) < 4.78 is 0.834. The van der Waals surface area contributed by atoms with Crippen LogP contribution in [0.1, 0.15) is 28.4 Å². The number of benzene rings is 2. The molecule has 0 amide bonds. The number of hydrogen-bond donors (Lipinski definition) is 1. The van der Waals surface area contributed by atoms with E-state index in [1.54, 1.807) is 6.07 Å². The van der Waals surface area contributed by atoms with E-state index in [1.165, 1.54) is 11.1 Å². The Morgan fingerprint density at radius 1 is 1.00 bits per heavy atom. The van der Waals surface area contributed by atoms with Crippen LogP contribution in [0.3, 0.4) is 0 Å². The molecule has 1 N–H and O–H groups in total. The average molecular weight is 326 g/mol. The highest BCUT2D eigenvalue weighted by Gasteiger charge is 2.12. The summed E-state index contributed by atoms with van der Waals surface area (Å²) in [6.07, 6.45) is -0.644. The minimum absolute atomic E-state index is 0.607. The van der Waals surface area contributed by atoms with Crippen molar-refractivity contribution in [3.63, 3.8) is 0 Å². The number of aliphatic hydroxyl groups excluding tert-OH is 1. The largest absolute Gasteiger partial charge is 0.384 e. The molecule has 0 aliphatic rings. The lowest BCUT2D eigenvalue weighted by Crippen LogP contribution is -2.00. The van der Waals surface area contributed by atoms with Crippen LogP contribution in [0.25, 0.3) is 0 Å². The number of hydrogen-bond acceptors (Lipinski definition) is 1. The molecule has 3 heteroatoms. The Labute approximate surface area is 121 Å². The third-order valence-corrected chi connectivity index (χ3v) is 4.34. The molecule has 0 spiro atoms. The monoisotopic (exact) mass is 324 g/mol. The number of aliphatic hydroxyl groups is 1. The fourth-order valence-corrected chi connectivity index (χ4v) is 2.25. The van der Waals surface area contributed by atoms with Crippen LogP contribution in [0.15, 0.2) is 40.9 Å². The van der Waals surface area contributed by atoms with Gasteiger partial charge in [0.2, 0.25) is 0 Å². The highest BCUT2D eigenvalue weighted by atomic mass is 79.9. The van der Waals surface area contributed by atoms with Crippen molar-refractivity contribution in [2.24, 2.45) is 0 Å². The molecule has 1 atom stereocenters. The molecule has 0 bridgehead atoms. The van der Waals surface area contributed by atoms with E-state index < -0.39 is 6.10 Å². The lowest BCUT2D eigenvalue weighted by atomic mass is 9.98. The smallest absolute Gasteiger partial charge is 0.104 e. The second kappa shape index (κ2) is 5.43. The summed E-state index contributed by atoms with van der Waals surface area (Å²) >= 11 is 9.39. The first-order valence-corrected chi connectivity index (χ1v) is 6.86. The van der Waals surface area contributed by atoms with Crippen LogP contribution in [-0.4, -0.2) is 5.11 Å². The van der Waals surface area contributed by atoms with Gasteiger partial charge < -0.3 is 5.11 Å². The zero-order chi connectivity index (χ0) is 13.3. The molecule has 0 aliphatic heterocycles. The molecule has 2 aromatic rings.